The lowest BCUT2D eigenvalue weighted by Gasteiger charge is -2.37. The minimum Gasteiger partial charge on any atom is -0.379 e. The lowest BCUT2D eigenvalue weighted by atomic mass is 9.87. The monoisotopic (exact) mass is 372 g/mol. The molecular formula is C22H32N2O3. The molecule has 0 aliphatic carbocycles. The number of methoxy groups -OCH3 is 1. The first-order valence-electron chi connectivity index (χ1n) is 9.99. The second-order valence-corrected chi connectivity index (χ2v) is 7.61. The summed E-state index contributed by atoms with van der Waals surface area (Å²) in [6.07, 6.45) is 5.79. The average molecular weight is 373 g/mol. The largest absolute Gasteiger partial charge is 0.379 e. The van der Waals surface area contributed by atoms with Crippen LogP contribution < -0.4 is 0 Å². The Hall–Kier alpha value is -1.69. The van der Waals surface area contributed by atoms with E-state index in [1.807, 2.05) is 11.0 Å². The minimum atomic E-state index is 0.0941. The highest BCUT2D eigenvalue weighted by molar-refractivity contribution is 5.87. The number of likely N-dealkylation sites (tertiary alicyclic amines) is 1. The Morgan fingerprint density at radius 3 is 2.67 bits per heavy atom. The van der Waals surface area contributed by atoms with E-state index in [9.17, 15) is 4.79 Å². The van der Waals surface area contributed by atoms with Crippen LogP contribution in [0.1, 0.15) is 17.5 Å². The maximum absolute atomic E-state index is 12.5. The number of ether oxygens (including phenoxy) is 2. The molecule has 0 bridgehead atoms. The van der Waals surface area contributed by atoms with Crippen LogP contribution in [0.3, 0.4) is 0 Å². The van der Waals surface area contributed by atoms with E-state index in [0.29, 0.717) is 12.5 Å². The van der Waals surface area contributed by atoms with Gasteiger partial charge in [-0.3, -0.25) is 9.69 Å². The quantitative estimate of drug-likeness (QED) is 0.719. The fourth-order valence-corrected chi connectivity index (χ4v) is 3.88. The number of morpholine rings is 1. The topological polar surface area (TPSA) is 42.0 Å². The number of carbonyl (C=O) groups excluding carboxylic acids is 1. The van der Waals surface area contributed by atoms with Gasteiger partial charge < -0.3 is 14.4 Å². The first-order valence-corrected chi connectivity index (χ1v) is 9.99. The van der Waals surface area contributed by atoms with Crippen molar-refractivity contribution in [2.75, 3.05) is 53.0 Å². The highest BCUT2D eigenvalue weighted by Gasteiger charge is 2.30. The van der Waals surface area contributed by atoms with Crippen LogP contribution in [0.4, 0.5) is 0 Å². The van der Waals surface area contributed by atoms with E-state index < -0.39 is 0 Å². The van der Waals surface area contributed by atoms with Crippen molar-refractivity contribution in [1.29, 1.82) is 0 Å². The number of hydrogen-bond acceptors (Lipinski definition) is 4. The van der Waals surface area contributed by atoms with Crippen LogP contribution in [0.25, 0.3) is 0 Å². The van der Waals surface area contributed by atoms with E-state index >= 15 is 0 Å². The zero-order valence-electron chi connectivity index (χ0n) is 16.6. The summed E-state index contributed by atoms with van der Waals surface area (Å²) in [7, 11) is 1.76. The van der Waals surface area contributed by atoms with Crippen LogP contribution in [0.2, 0.25) is 0 Å². The third-order valence-corrected chi connectivity index (χ3v) is 5.66. The van der Waals surface area contributed by atoms with Crippen molar-refractivity contribution >= 4 is 5.91 Å². The Kier molecular flexibility index (Phi) is 7.44. The summed E-state index contributed by atoms with van der Waals surface area (Å²) in [5.74, 6) is 0.554. The molecule has 2 atom stereocenters. The van der Waals surface area contributed by atoms with E-state index in [0.717, 1.165) is 52.2 Å². The molecule has 0 N–H and O–H groups in total. The molecule has 1 aromatic rings. The smallest absolute Gasteiger partial charge is 0.246 e. The predicted molar refractivity (Wildman–Crippen MR) is 107 cm³/mol. The van der Waals surface area contributed by atoms with Crippen LogP contribution in [0, 0.1) is 12.8 Å². The molecule has 148 valence electrons. The molecule has 3 rings (SSSR count). The molecule has 0 saturated carbocycles. The molecule has 5 heteroatoms. The number of carbonyl (C=O) groups is 1. The minimum absolute atomic E-state index is 0.0941. The third kappa shape index (κ3) is 5.89. The summed E-state index contributed by atoms with van der Waals surface area (Å²) in [6.45, 7) is 7.84. The van der Waals surface area contributed by atoms with E-state index in [1.54, 1.807) is 13.2 Å². The van der Waals surface area contributed by atoms with Gasteiger partial charge in [-0.15, -0.1) is 0 Å². The lowest BCUT2D eigenvalue weighted by Crippen LogP contribution is -2.47. The maximum atomic E-state index is 12.5. The second-order valence-electron chi connectivity index (χ2n) is 7.61. The van der Waals surface area contributed by atoms with Crippen molar-refractivity contribution in [3.8, 4) is 0 Å². The van der Waals surface area contributed by atoms with Crippen LogP contribution in [-0.2, 0) is 20.7 Å². The average Bonchev–Trinajstić information content (AvgIpc) is 2.70. The van der Waals surface area contributed by atoms with Gasteiger partial charge in [0.15, 0.2) is 0 Å². The number of hydrogen-bond donors (Lipinski definition) is 0. The van der Waals surface area contributed by atoms with Gasteiger partial charge in [-0.05, 0) is 31.2 Å². The summed E-state index contributed by atoms with van der Waals surface area (Å²) in [4.78, 5) is 16.8. The molecule has 2 saturated heterocycles. The van der Waals surface area contributed by atoms with Gasteiger partial charge in [0.1, 0.15) is 0 Å². The molecule has 2 heterocycles. The Labute approximate surface area is 162 Å². The SMILES string of the molecule is CO[C@H]1CN(C(=O)/C=C/CN2CCOCC2)CC[C@@H]1Cc1ccc(C)cc1. The highest BCUT2D eigenvalue weighted by Crippen LogP contribution is 2.24. The zero-order valence-corrected chi connectivity index (χ0v) is 16.6. The Bertz CT molecular complexity index is 623. The van der Waals surface area contributed by atoms with Gasteiger partial charge in [0.05, 0.1) is 19.3 Å². The molecule has 27 heavy (non-hydrogen) atoms. The molecule has 1 amide bonds. The lowest BCUT2D eigenvalue weighted by molar-refractivity contribution is -0.131. The van der Waals surface area contributed by atoms with Gasteiger partial charge in [-0.2, -0.15) is 0 Å². The summed E-state index contributed by atoms with van der Waals surface area (Å²) in [5, 5.41) is 0. The zero-order chi connectivity index (χ0) is 19.1. The van der Waals surface area contributed by atoms with Crippen LogP contribution in [0.5, 0.6) is 0 Å². The third-order valence-electron chi connectivity index (χ3n) is 5.66. The molecular weight excluding hydrogens is 340 g/mol. The normalized spacial score (nSPS) is 24.4. The molecule has 2 aliphatic rings. The number of amides is 1. The second kappa shape index (κ2) is 10.0. The van der Waals surface area contributed by atoms with Crippen LogP contribution in [-0.4, -0.2) is 74.9 Å². The number of benzene rings is 1. The fraction of sp³-hybridized carbons (Fsp3) is 0.591. The van der Waals surface area contributed by atoms with E-state index in [4.69, 9.17) is 9.47 Å². The fourth-order valence-electron chi connectivity index (χ4n) is 3.88. The van der Waals surface area contributed by atoms with Crippen LogP contribution >= 0.6 is 0 Å². The first kappa shape index (κ1) is 20.1. The summed E-state index contributed by atoms with van der Waals surface area (Å²) >= 11 is 0. The maximum Gasteiger partial charge on any atom is 0.246 e. The van der Waals surface area contributed by atoms with Crippen molar-refractivity contribution in [2.24, 2.45) is 5.92 Å². The highest BCUT2D eigenvalue weighted by atomic mass is 16.5. The molecule has 2 aliphatic heterocycles. The summed E-state index contributed by atoms with van der Waals surface area (Å²) in [5.41, 5.74) is 2.63. The Morgan fingerprint density at radius 2 is 1.96 bits per heavy atom. The van der Waals surface area contributed by atoms with Crippen molar-refractivity contribution in [2.45, 2.75) is 25.9 Å². The number of aryl methyl sites for hydroxylation is 1. The van der Waals surface area contributed by atoms with Gasteiger partial charge in [-0.25, -0.2) is 0 Å². The molecule has 2 fully saturated rings. The summed E-state index contributed by atoms with van der Waals surface area (Å²) in [6, 6.07) is 8.73. The van der Waals surface area contributed by atoms with Crippen molar-refractivity contribution in [3.05, 3.63) is 47.5 Å². The van der Waals surface area contributed by atoms with E-state index in [1.165, 1.54) is 11.1 Å². The van der Waals surface area contributed by atoms with E-state index in [2.05, 4.69) is 36.1 Å². The van der Waals surface area contributed by atoms with Gasteiger partial charge in [0.2, 0.25) is 5.91 Å². The molecule has 0 unspecified atom stereocenters. The van der Waals surface area contributed by atoms with Crippen LogP contribution in [0.15, 0.2) is 36.4 Å². The number of piperidine rings is 1. The van der Waals surface area contributed by atoms with Crippen molar-refractivity contribution in [3.63, 3.8) is 0 Å². The molecule has 1 aromatic carbocycles. The number of nitrogens with zero attached hydrogens (tertiary/aromatic N) is 2. The molecule has 0 spiro atoms. The van der Waals surface area contributed by atoms with Gasteiger partial charge >= 0.3 is 0 Å². The molecule has 0 aromatic heterocycles. The number of rotatable bonds is 6. The van der Waals surface area contributed by atoms with Crippen molar-refractivity contribution < 1.29 is 14.3 Å². The van der Waals surface area contributed by atoms with Crippen molar-refractivity contribution in [1.82, 2.24) is 9.80 Å². The Balaban J connectivity index is 1.49. The summed E-state index contributed by atoms with van der Waals surface area (Å²) < 4.78 is 11.1. The first-order chi connectivity index (χ1) is 13.2. The molecule has 5 nitrogen and oxygen atoms in total. The van der Waals surface area contributed by atoms with Gasteiger partial charge in [0, 0.05) is 45.9 Å². The van der Waals surface area contributed by atoms with Gasteiger partial charge in [-0.1, -0.05) is 35.9 Å². The predicted octanol–water partition coefficient (Wildman–Crippen LogP) is 2.29. The van der Waals surface area contributed by atoms with Gasteiger partial charge in [0.25, 0.3) is 0 Å². The van der Waals surface area contributed by atoms with E-state index in [-0.39, 0.29) is 12.0 Å². The standard InChI is InChI=1S/C22H32N2O3/c1-18-5-7-19(8-6-18)16-20-9-11-24(17-21(20)26-2)22(25)4-3-10-23-12-14-27-15-13-23/h3-8,20-21H,9-17H2,1-2H3/b4-3+/t20-,21+/m1/s1. The molecule has 0 radical (unpaired) electrons. The Morgan fingerprint density at radius 1 is 1.22 bits per heavy atom.